The number of hydrogen-bond donors (Lipinski definition) is 1. The zero-order valence-electron chi connectivity index (χ0n) is 17.5. The predicted octanol–water partition coefficient (Wildman–Crippen LogP) is 4.00. The number of methoxy groups -OCH3 is 1. The zero-order valence-corrected chi connectivity index (χ0v) is 19.1. The van der Waals surface area contributed by atoms with Gasteiger partial charge in [-0.15, -0.1) is 0 Å². The number of carbonyl (C=O) groups is 1. The molecule has 3 aromatic rings. The normalized spacial score (nSPS) is 11.3. The van der Waals surface area contributed by atoms with Crippen molar-refractivity contribution in [2.24, 2.45) is 5.10 Å². The monoisotopic (exact) mass is 471 g/mol. The summed E-state index contributed by atoms with van der Waals surface area (Å²) in [5.74, 6) is -0.0445. The van der Waals surface area contributed by atoms with Crippen molar-refractivity contribution in [3.8, 4) is 5.75 Å². The van der Waals surface area contributed by atoms with E-state index in [9.17, 15) is 13.2 Å². The summed E-state index contributed by atoms with van der Waals surface area (Å²) < 4.78 is 32.9. The first kappa shape index (κ1) is 23.3. The number of nitrogens with zero attached hydrogens (tertiary/aromatic N) is 2. The van der Waals surface area contributed by atoms with E-state index in [0.717, 1.165) is 9.87 Å². The van der Waals surface area contributed by atoms with E-state index in [4.69, 9.17) is 16.3 Å². The van der Waals surface area contributed by atoms with Gasteiger partial charge in [-0.05, 0) is 43.3 Å². The number of ether oxygens (including phenoxy) is 1. The molecule has 9 heteroatoms. The van der Waals surface area contributed by atoms with E-state index in [2.05, 4.69) is 10.5 Å². The Labute approximate surface area is 192 Å². The minimum atomic E-state index is -4.06. The van der Waals surface area contributed by atoms with Crippen LogP contribution in [0.25, 0.3) is 0 Å². The van der Waals surface area contributed by atoms with Gasteiger partial charge >= 0.3 is 0 Å². The highest BCUT2D eigenvalue weighted by molar-refractivity contribution is 7.92. The van der Waals surface area contributed by atoms with E-state index in [1.165, 1.54) is 25.5 Å². The largest absolute Gasteiger partial charge is 0.496 e. The van der Waals surface area contributed by atoms with Crippen LogP contribution in [-0.2, 0) is 14.8 Å². The maximum absolute atomic E-state index is 13.3. The van der Waals surface area contributed by atoms with Crippen LogP contribution in [0.15, 0.2) is 82.8 Å². The van der Waals surface area contributed by atoms with Gasteiger partial charge in [0, 0.05) is 5.56 Å². The van der Waals surface area contributed by atoms with Crippen LogP contribution in [0.2, 0.25) is 5.02 Å². The van der Waals surface area contributed by atoms with Crippen molar-refractivity contribution < 1.29 is 17.9 Å². The lowest BCUT2D eigenvalue weighted by Gasteiger charge is -2.24. The van der Waals surface area contributed by atoms with Gasteiger partial charge < -0.3 is 4.74 Å². The molecule has 32 heavy (non-hydrogen) atoms. The molecule has 0 radical (unpaired) electrons. The summed E-state index contributed by atoms with van der Waals surface area (Å²) in [6.07, 6.45) is 1.42. The van der Waals surface area contributed by atoms with Gasteiger partial charge in [0.05, 0.1) is 28.9 Å². The number of para-hydroxylation sites is 2. The number of anilines is 1. The summed E-state index contributed by atoms with van der Waals surface area (Å²) in [5.41, 5.74) is 4.13. The summed E-state index contributed by atoms with van der Waals surface area (Å²) in [5, 5.41) is 4.13. The lowest BCUT2D eigenvalue weighted by atomic mass is 10.2. The highest BCUT2D eigenvalue weighted by Gasteiger charge is 2.28. The van der Waals surface area contributed by atoms with E-state index in [-0.39, 0.29) is 15.6 Å². The molecular formula is C23H22ClN3O4S. The highest BCUT2D eigenvalue weighted by Crippen LogP contribution is 2.30. The summed E-state index contributed by atoms with van der Waals surface area (Å²) in [4.78, 5) is 12.7. The molecule has 3 aromatic carbocycles. The Morgan fingerprint density at radius 3 is 2.41 bits per heavy atom. The van der Waals surface area contributed by atoms with Gasteiger partial charge in [-0.1, -0.05) is 53.6 Å². The van der Waals surface area contributed by atoms with Crippen molar-refractivity contribution >= 4 is 39.4 Å². The molecule has 0 saturated heterocycles. The molecule has 0 aliphatic heterocycles. The van der Waals surface area contributed by atoms with Crippen LogP contribution in [0.3, 0.4) is 0 Å². The Morgan fingerprint density at radius 1 is 1.06 bits per heavy atom. The SMILES string of the molecule is COc1ccccc1/C=N\NC(=O)CN(c1ccccc1Cl)S(=O)(=O)c1ccc(C)cc1. The number of rotatable bonds is 8. The average Bonchev–Trinajstić information content (AvgIpc) is 2.78. The van der Waals surface area contributed by atoms with Gasteiger partial charge in [0.25, 0.3) is 15.9 Å². The minimum Gasteiger partial charge on any atom is -0.496 e. The van der Waals surface area contributed by atoms with E-state index in [0.29, 0.717) is 11.3 Å². The van der Waals surface area contributed by atoms with Crippen molar-refractivity contribution in [3.05, 3.63) is 88.9 Å². The fourth-order valence-electron chi connectivity index (χ4n) is 2.90. The third-order valence-electron chi connectivity index (χ3n) is 4.55. The second-order valence-electron chi connectivity index (χ2n) is 6.81. The zero-order chi connectivity index (χ0) is 23.1. The predicted molar refractivity (Wildman–Crippen MR) is 126 cm³/mol. The number of hydrogen-bond acceptors (Lipinski definition) is 5. The molecule has 0 unspecified atom stereocenters. The second-order valence-corrected chi connectivity index (χ2v) is 9.08. The van der Waals surface area contributed by atoms with Crippen LogP contribution < -0.4 is 14.5 Å². The summed E-state index contributed by atoms with van der Waals surface area (Å²) in [7, 11) is -2.53. The standard InChI is InChI=1S/C23H22ClN3O4S/c1-17-11-13-19(14-12-17)32(29,30)27(21-9-5-4-8-20(21)24)16-23(28)26-25-15-18-7-3-6-10-22(18)31-2/h3-15H,16H2,1-2H3,(H,26,28)/b25-15-. The molecule has 0 bridgehead atoms. The average molecular weight is 472 g/mol. The molecule has 0 saturated carbocycles. The fourth-order valence-corrected chi connectivity index (χ4v) is 4.63. The van der Waals surface area contributed by atoms with Crippen LogP contribution in [-0.4, -0.2) is 34.2 Å². The van der Waals surface area contributed by atoms with Crippen LogP contribution in [0.4, 0.5) is 5.69 Å². The number of halogens is 1. The number of amides is 1. The number of nitrogens with one attached hydrogen (secondary N) is 1. The Bertz CT molecular complexity index is 1230. The topological polar surface area (TPSA) is 88.1 Å². The number of aryl methyl sites for hydroxylation is 1. The van der Waals surface area contributed by atoms with Crippen LogP contribution in [0, 0.1) is 6.92 Å². The lowest BCUT2D eigenvalue weighted by molar-refractivity contribution is -0.119. The third kappa shape index (κ3) is 5.46. The highest BCUT2D eigenvalue weighted by atomic mass is 35.5. The smallest absolute Gasteiger partial charge is 0.264 e. The molecule has 0 aliphatic rings. The molecule has 0 aliphatic carbocycles. The third-order valence-corrected chi connectivity index (χ3v) is 6.64. The molecule has 7 nitrogen and oxygen atoms in total. The van der Waals surface area contributed by atoms with Crippen molar-refractivity contribution in [2.75, 3.05) is 18.0 Å². The van der Waals surface area contributed by atoms with Gasteiger partial charge in [0.2, 0.25) is 0 Å². The Kier molecular flexibility index (Phi) is 7.50. The van der Waals surface area contributed by atoms with E-state index < -0.39 is 22.5 Å². The van der Waals surface area contributed by atoms with E-state index in [1.807, 2.05) is 13.0 Å². The van der Waals surface area contributed by atoms with Gasteiger partial charge in [0.1, 0.15) is 12.3 Å². The molecule has 166 valence electrons. The molecular weight excluding hydrogens is 450 g/mol. The fraction of sp³-hybridized carbons (Fsp3) is 0.130. The minimum absolute atomic E-state index is 0.0494. The molecule has 0 fully saturated rings. The molecule has 1 amide bonds. The second kappa shape index (κ2) is 10.3. The molecule has 0 spiro atoms. The maximum Gasteiger partial charge on any atom is 0.264 e. The maximum atomic E-state index is 13.3. The number of hydrazone groups is 1. The first-order valence-electron chi connectivity index (χ1n) is 9.62. The molecule has 0 aromatic heterocycles. The first-order valence-corrected chi connectivity index (χ1v) is 11.4. The summed E-state index contributed by atoms with van der Waals surface area (Å²) >= 11 is 6.26. The summed E-state index contributed by atoms with van der Waals surface area (Å²) in [6, 6.07) is 19.9. The quantitative estimate of drug-likeness (QED) is 0.397. The van der Waals surface area contributed by atoms with Crippen LogP contribution >= 0.6 is 11.6 Å². The molecule has 0 atom stereocenters. The van der Waals surface area contributed by atoms with Crippen LogP contribution in [0.1, 0.15) is 11.1 Å². The van der Waals surface area contributed by atoms with Gasteiger partial charge in [-0.3, -0.25) is 9.10 Å². The van der Waals surface area contributed by atoms with Gasteiger partial charge in [0.15, 0.2) is 0 Å². The summed E-state index contributed by atoms with van der Waals surface area (Å²) in [6.45, 7) is 1.35. The van der Waals surface area contributed by atoms with Crippen LogP contribution in [0.5, 0.6) is 5.75 Å². The first-order chi connectivity index (χ1) is 15.3. The molecule has 3 rings (SSSR count). The van der Waals surface area contributed by atoms with E-state index >= 15 is 0 Å². The number of sulfonamides is 1. The number of carbonyl (C=O) groups excluding carboxylic acids is 1. The lowest BCUT2D eigenvalue weighted by Crippen LogP contribution is -2.39. The van der Waals surface area contributed by atoms with Crippen molar-refractivity contribution in [1.29, 1.82) is 0 Å². The Morgan fingerprint density at radius 2 is 1.72 bits per heavy atom. The van der Waals surface area contributed by atoms with Crippen molar-refractivity contribution in [1.82, 2.24) is 5.43 Å². The van der Waals surface area contributed by atoms with Crippen molar-refractivity contribution in [2.45, 2.75) is 11.8 Å². The van der Waals surface area contributed by atoms with Crippen molar-refractivity contribution in [3.63, 3.8) is 0 Å². The Hall–Kier alpha value is -3.36. The van der Waals surface area contributed by atoms with Gasteiger partial charge in [-0.2, -0.15) is 5.10 Å². The van der Waals surface area contributed by atoms with Gasteiger partial charge in [-0.25, -0.2) is 13.8 Å². The molecule has 1 N–H and O–H groups in total. The molecule has 0 heterocycles. The number of benzene rings is 3. The van der Waals surface area contributed by atoms with E-state index in [1.54, 1.807) is 54.6 Å². The Balaban J connectivity index is 1.86.